The molecule has 1 heterocycles. The van der Waals surface area contributed by atoms with Crippen LogP contribution in [0.5, 0.6) is 5.75 Å². The van der Waals surface area contributed by atoms with E-state index in [4.69, 9.17) is 10.5 Å². The van der Waals surface area contributed by atoms with Crippen molar-refractivity contribution >= 4 is 11.6 Å². The highest BCUT2D eigenvalue weighted by atomic mass is 19.4. The number of hydrogen-bond donors (Lipinski definition) is 2. The molecule has 2 rings (SSSR count). The Balaban J connectivity index is 2.00. The second-order valence-electron chi connectivity index (χ2n) is 5.54. The van der Waals surface area contributed by atoms with Gasteiger partial charge in [-0.3, -0.25) is 4.99 Å². The molecule has 0 spiro atoms. The molecular formula is C15H20F3N3O2. The van der Waals surface area contributed by atoms with Crippen LogP contribution in [-0.2, 0) is 4.74 Å². The largest absolute Gasteiger partial charge is 0.573 e. The van der Waals surface area contributed by atoms with E-state index in [1.54, 1.807) is 6.07 Å². The van der Waals surface area contributed by atoms with Gasteiger partial charge >= 0.3 is 6.36 Å². The predicted molar refractivity (Wildman–Crippen MR) is 81.4 cm³/mol. The van der Waals surface area contributed by atoms with Gasteiger partial charge in [0.2, 0.25) is 0 Å². The van der Waals surface area contributed by atoms with Gasteiger partial charge in [-0.15, -0.1) is 13.2 Å². The Kier molecular flexibility index (Phi) is 5.35. The van der Waals surface area contributed by atoms with Crippen molar-refractivity contribution < 1.29 is 22.6 Å². The SMILES string of the molecule is CC1CC(CN=C(N)Nc2ccccc2OC(F)(F)F)C(C)O1. The average molecular weight is 331 g/mol. The third-order valence-electron chi connectivity index (χ3n) is 3.62. The highest BCUT2D eigenvalue weighted by molar-refractivity contribution is 5.93. The lowest BCUT2D eigenvalue weighted by atomic mass is 10.0. The summed E-state index contributed by atoms with van der Waals surface area (Å²) in [6, 6.07) is 5.66. The van der Waals surface area contributed by atoms with E-state index in [1.807, 2.05) is 13.8 Å². The van der Waals surface area contributed by atoms with Crippen LogP contribution in [0.4, 0.5) is 18.9 Å². The summed E-state index contributed by atoms with van der Waals surface area (Å²) < 4.78 is 46.7. The maximum atomic E-state index is 12.4. The van der Waals surface area contributed by atoms with Gasteiger partial charge in [0.05, 0.1) is 17.9 Å². The molecule has 0 aliphatic carbocycles. The Labute approximate surface area is 132 Å². The van der Waals surface area contributed by atoms with Crippen molar-refractivity contribution in [2.45, 2.75) is 38.8 Å². The summed E-state index contributed by atoms with van der Waals surface area (Å²) in [5, 5.41) is 2.65. The molecule has 0 saturated carbocycles. The zero-order chi connectivity index (χ0) is 17.0. The molecular weight excluding hydrogens is 311 g/mol. The fraction of sp³-hybridized carbons (Fsp3) is 0.533. The Morgan fingerprint density at radius 3 is 2.70 bits per heavy atom. The molecule has 0 radical (unpaired) electrons. The summed E-state index contributed by atoms with van der Waals surface area (Å²) in [4.78, 5) is 4.19. The van der Waals surface area contributed by atoms with E-state index in [2.05, 4.69) is 15.0 Å². The first-order valence-electron chi connectivity index (χ1n) is 7.32. The van der Waals surface area contributed by atoms with Crippen molar-refractivity contribution in [1.29, 1.82) is 0 Å². The van der Waals surface area contributed by atoms with E-state index < -0.39 is 6.36 Å². The third kappa shape index (κ3) is 5.31. The number of halogens is 3. The van der Waals surface area contributed by atoms with Crippen LogP contribution < -0.4 is 15.8 Å². The van der Waals surface area contributed by atoms with Gasteiger partial charge in [-0.05, 0) is 32.4 Å². The molecule has 23 heavy (non-hydrogen) atoms. The Bertz CT molecular complexity index is 563. The fourth-order valence-corrected chi connectivity index (χ4v) is 2.55. The van der Waals surface area contributed by atoms with Crippen LogP contribution in [0.1, 0.15) is 20.3 Å². The van der Waals surface area contributed by atoms with Gasteiger partial charge in [-0.25, -0.2) is 0 Å². The predicted octanol–water partition coefficient (Wildman–Crippen LogP) is 3.13. The zero-order valence-electron chi connectivity index (χ0n) is 12.9. The summed E-state index contributed by atoms with van der Waals surface area (Å²) >= 11 is 0. The molecule has 1 saturated heterocycles. The van der Waals surface area contributed by atoms with Gasteiger partial charge in [0.25, 0.3) is 0 Å². The monoisotopic (exact) mass is 331 g/mol. The number of ether oxygens (including phenoxy) is 2. The van der Waals surface area contributed by atoms with Crippen molar-refractivity contribution in [1.82, 2.24) is 0 Å². The molecule has 0 aromatic heterocycles. The number of nitrogens with one attached hydrogen (secondary N) is 1. The smallest absolute Gasteiger partial charge is 0.404 e. The van der Waals surface area contributed by atoms with Crippen molar-refractivity contribution in [3.05, 3.63) is 24.3 Å². The van der Waals surface area contributed by atoms with Crippen molar-refractivity contribution in [3.8, 4) is 5.75 Å². The number of guanidine groups is 1. The van der Waals surface area contributed by atoms with E-state index >= 15 is 0 Å². The summed E-state index contributed by atoms with van der Waals surface area (Å²) in [5.74, 6) is -0.0775. The number of para-hydroxylation sites is 2. The van der Waals surface area contributed by atoms with Gasteiger partial charge in [0.1, 0.15) is 0 Å². The molecule has 1 aromatic rings. The molecule has 3 N–H and O–H groups in total. The number of alkyl halides is 3. The summed E-state index contributed by atoms with van der Waals surface area (Å²) in [7, 11) is 0. The van der Waals surface area contributed by atoms with Crippen LogP contribution in [-0.4, -0.2) is 31.1 Å². The molecule has 128 valence electrons. The molecule has 1 aromatic carbocycles. The molecule has 3 atom stereocenters. The quantitative estimate of drug-likeness (QED) is 0.657. The number of nitrogens with zero attached hydrogens (tertiary/aromatic N) is 1. The first-order valence-corrected chi connectivity index (χ1v) is 7.32. The number of nitrogens with two attached hydrogens (primary N) is 1. The van der Waals surface area contributed by atoms with Gasteiger partial charge in [0.15, 0.2) is 11.7 Å². The van der Waals surface area contributed by atoms with E-state index in [9.17, 15) is 13.2 Å². The minimum Gasteiger partial charge on any atom is -0.404 e. The van der Waals surface area contributed by atoms with Gasteiger partial charge < -0.3 is 20.5 Å². The lowest BCUT2D eigenvalue weighted by molar-refractivity contribution is -0.274. The van der Waals surface area contributed by atoms with E-state index in [0.717, 1.165) is 6.42 Å². The number of anilines is 1. The molecule has 8 heteroatoms. The third-order valence-corrected chi connectivity index (χ3v) is 3.62. The lowest BCUT2D eigenvalue weighted by Gasteiger charge is -2.15. The van der Waals surface area contributed by atoms with Gasteiger partial charge in [-0.1, -0.05) is 12.1 Å². The van der Waals surface area contributed by atoms with Crippen LogP contribution >= 0.6 is 0 Å². The average Bonchev–Trinajstić information content (AvgIpc) is 2.75. The van der Waals surface area contributed by atoms with Crippen molar-refractivity contribution in [2.24, 2.45) is 16.6 Å². The first-order chi connectivity index (χ1) is 10.7. The number of hydrogen-bond acceptors (Lipinski definition) is 3. The van der Waals surface area contributed by atoms with Gasteiger partial charge in [-0.2, -0.15) is 0 Å². The Hall–Kier alpha value is -1.96. The minimum absolute atomic E-state index is 0.0370. The van der Waals surface area contributed by atoms with Crippen LogP contribution in [0.3, 0.4) is 0 Å². The first kappa shape index (κ1) is 17.4. The summed E-state index contributed by atoms with van der Waals surface area (Å²) in [6.07, 6.45) is -3.62. The lowest BCUT2D eigenvalue weighted by Crippen LogP contribution is -2.26. The topological polar surface area (TPSA) is 68.9 Å². The number of rotatable bonds is 4. The van der Waals surface area contributed by atoms with Crippen molar-refractivity contribution in [3.63, 3.8) is 0 Å². The minimum atomic E-state index is -4.77. The van der Waals surface area contributed by atoms with E-state index in [0.29, 0.717) is 6.54 Å². The van der Waals surface area contributed by atoms with E-state index in [1.165, 1.54) is 18.2 Å². The van der Waals surface area contributed by atoms with Crippen LogP contribution in [0, 0.1) is 5.92 Å². The molecule has 3 unspecified atom stereocenters. The molecule has 5 nitrogen and oxygen atoms in total. The molecule has 1 fully saturated rings. The number of benzene rings is 1. The Morgan fingerprint density at radius 1 is 1.39 bits per heavy atom. The van der Waals surface area contributed by atoms with Crippen LogP contribution in [0.2, 0.25) is 0 Å². The Morgan fingerprint density at radius 2 is 2.09 bits per heavy atom. The number of aliphatic imine (C=N–C) groups is 1. The zero-order valence-corrected chi connectivity index (χ0v) is 12.9. The molecule has 0 amide bonds. The fourth-order valence-electron chi connectivity index (χ4n) is 2.55. The summed E-state index contributed by atoms with van der Waals surface area (Å²) in [5.41, 5.74) is 5.86. The second kappa shape index (κ2) is 7.08. The molecule has 0 bridgehead atoms. The highest BCUT2D eigenvalue weighted by Gasteiger charge is 2.32. The van der Waals surface area contributed by atoms with E-state index in [-0.39, 0.29) is 35.5 Å². The maximum Gasteiger partial charge on any atom is 0.573 e. The van der Waals surface area contributed by atoms with Crippen LogP contribution in [0.25, 0.3) is 0 Å². The van der Waals surface area contributed by atoms with Crippen LogP contribution in [0.15, 0.2) is 29.3 Å². The highest BCUT2D eigenvalue weighted by Crippen LogP contribution is 2.30. The summed E-state index contributed by atoms with van der Waals surface area (Å²) in [6.45, 7) is 4.42. The standard InChI is InChI=1S/C15H20F3N3O2/c1-9-7-11(10(2)22-9)8-20-14(19)21-12-5-3-4-6-13(12)23-15(16,17)18/h3-6,9-11H,7-8H2,1-2H3,(H3,19,20,21). The maximum absolute atomic E-state index is 12.4. The normalized spacial score (nSPS) is 25.4. The van der Waals surface area contributed by atoms with Crippen molar-refractivity contribution in [2.75, 3.05) is 11.9 Å². The van der Waals surface area contributed by atoms with Gasteiger partial charge in [0, 0.05) is 12.5 Å². The molecule has 1 aliphatic heterocycles. The molecule has 1 aliphatic rings. The second-order valence-corrected chi connectivity index (χ2v) is 5.54.